The van der Waals surface area contributed by atoms with Crippen LogP contribution in [0.1, 0.15) is 52.1 Å². The summed E-state index contributed by atoms with van der Waals surface area (Å²) in [6.45, 7) is 9.68. The number of nitrogens with one attached hydrogen (secondary N) is 1. The van der Waals surface area contributed by atoms with E-state index < -0.39 is 0 Å². The molecule has 2 rings (SSSR count). The molecule has 0 radical (unpaired) electrons. The number of ether oxygens (including phenoxy) is 1. The Morgan fingerprint density at radius 1 is 1.30 bits per heavy atom. The van der Waals surface area contributed by atoms with E-state index in [0.29, 0.717) is 18.2 Å². The fraction of sp³-hybridized carbons (Fsp3) is 0.647. The smallest absolute Gasteiger partial charge is 0.0655 e. The van der Waals surface area contributed by atoms with Crippen LogP contribution in [0.25, 0.3) is 0 Å². The molecule has 1 aromatic rings. The van der Waals surface area contributed by atoms with Gasteiger partial charge in [-0.1, -0.05) is 44.5 Å². The van der Waals surface area contributed by atoms with Crippen LogP contribution in [0.15, 0.2) is 24.3 Å². The van der Waals surface area contributed by atoms with Crippen LogP contribution in [-0.2, 0) is 4.74 Å². The molecule has 1 fully saturated rings. The Kier molecular flexibility index (Phi) is 5.11. The standard InChI is InChI=1S/C17H26ClNO/c1-5-14(12-7-9-13(18)10-8-12)19-15-11-16(20-6-2)17(15,3)4/h7-10,14-16,19H,5-6,11H2,1-4H3. The zero-order valence-electron chi connectivity index (χ0n) is 12.9. The van der Waals surface area contributed by atoms with E-state index in [0.717, 1.165) is 24.5 Å². The van der Waals surface area contributed by atoms with Gasteiger partial charge in [0.1, 0.15) is 0 Å². The van der Waals surface area contributed by atoms with Crippen LogP contribution >= 0.6 is 11.6 Å². The van der Waals surface area contributed by atoms with E-state index >= 15 is 0 Å². The SMILES string of the molecule is CCOC1CC(NC(CC)c2ccc(Cl)cc2)C1(C)C. The molecule has 20 heavy (non-hydrogen) atoms. The van der Waals surface area contributed by atoms with Crippen molar-refractivity contribution in [3.05, 3.63) is 34.9 Å². The van der Waals surface area contributed by atoms with Gasteiger partial charge in [-0.25, -0.2) is 0 Å². The second kappa shape index (κ2) is 6.46. The van der Waals surface area contributed by atoms with Gasteiger partial charge in [-0.3, -0.25) is 0 Å². The highest BCUT2D eigenvalue weighted by atomic mass is 35.5. The number of hydrogen-bond donors (Lipinski definition) is 1. The molecular weight excluding hydrogens is 270 g/mol. The highest BCUT2D eigenvalue weighted by Crippen LogP contribution is 2.44. The van der Waals surface area contributed by atoms with E-state index in [1.165, 1.54) is 5.56 Å². The van der Waals surface area contributed by atoms with E-state index in [-0.39, 0.29) is 5.41 Å². The maximum absolute atomic E-state index is 5.97. The Morgan fingerprint density at radius 2 is 1.95 bits per heavy atom. The third kappa shape index (κ3) is 3.19. The lowest BCUT2D eigenvalue weighted by Gasteiger charge is -2.53. The average molecular weight is 296 g/mol. The molecule has 2 nitrogen and oxygen atoms in total. The first-order chi connectivity index (χ1) is 9.48. The van der Waals surface area contributed by atoms with Gasteiger partial charge in [0, 0.05) is 29.1 Å². The van der Waals surface area contributed by atoms with Crippen molar-refractivity contribution in [3.63, 3.8) is 0 Å². The van der Waals surface area contributed by atoms with Crippen LogP contribution in [0, 0.1) is 5.41 Å². The maximum atomic E-state index is 5.97. The highest BCUT2D eigenvalue weighted by Gasteiger charge is 2.49. The molecule has 1 aliphatic carbocycles. The van der Waals surface area contributed by atoms with Gasteiger partial charge in [-0.05, 0) is 37.5 Å². The Morgan fingerprint density at radius 3 is 2.45 bits per heavy atom. The van der Waals surface area contributed by atoms with E-state index in [2.05, 4.69) is 45.1 Å². The first kappa shape index (κ1) is 15.8. The van der Waals surface area contributed by atoms with Crippen LogP contribution in [-0.4, -0.2) is 18.8 Å². The van der Waals surface area contributed by atoms with Gasteiger partial charge in [0.05, 0.1) is 6.10 Å². The summed E-state index contributed by atoms with van der Waals surface area (Å²) in [5, 5.41) is 4.59. The van der Waals surface area contributed by atoms with E-state index in [4.69, 9.17) is 16.3 Å². The Labute approximate surface area is 127 Å². The summed E-state index contributed by atoms with van der Waals surface area (Å²) in [6.07, 6.45) is 2.56. The Balaban J connectivity index is 2.00. The molecule has 1 aliphatic rings. The second-order valence-electron chi connectivity index (χ2n) is 6.23. The van der Waals surface area contributed by atoms with Crippen molar-refractivity contribution in [2.24, 2.45) is 5.41 Å². The van der Waals surface area contributed by atoms with Gasteiger partial charge >= 0.3 is 0 Å². The van der Waals surface area contributed by atoms with Gasteiger partial charge in [0.2, 0.25) is 0 Å². The minimum atomic E-state index is 0.204. The summed E-state index contributed by atoms with van der Waals surface area (Å²) in [5.74, 6) is 0. The lowest BCUT2D eigenvalue weighted by molar-refractivity contribution is -0.116. The second-order valence-corrected chi connectivity index (χ2v) is 6.67. The number of hydrogen-bond acceptors (Lipinski definition) is 2. The summed E-state index contributed by atoms with van der Waals surface area (Å²) in [7, 11) is 0. The quantitative estimate of drug-likeness (QED) is 0.829. The van der Waals surface area contributed by atoms with Crippen LogP contribution in [0.2, 0.25) is 5.02 Å². The first-order valence-corrected chi connectivity index (χ1v) is 8.00. The number of benzene rings is 1. The van der Waals surface area contributed by atoms with Gasteiger partial charge in [0.25, 0.3) is 0 Å². The zero-order valence-corrected chi connectivity index (χ0v) is 13.7. The lowest BCUT2D eigenvalue weighted by Crippen LogP contribution is -2.61. The molecule has 0 bridgehead atoms. The van der Waals surface area contributed by atoms with Crippen LogP contribution in [0.3, 0.4) is 0 Å². The van der Waals surface area contributed by atoms with Crippen LogP contribution in [0.4, 0.5) is 0 Å². The minimum Gasteiger partial charge on any atom is -0.378 e. The van der Waals surface area contributed by atoms with Crippen LogP contribution in [0.5, 0.6) is 0 Å². The van der Waals surface area contributed by atoms with Gasteiger partial charge < -0.3 is 10.1 Å². The Hall–Kier alpha value is -0.570. The van der Waals surface area contributed by atoms with Crippen molar-refractivity contribution in [1.82, 2.24) is 5.32 Å². The molecule has 3 atom stereocenters. The molecule has 0 saturated heterocycles. The van der Waals surface area contributed by atoms with Gasteiger partial charge in [-0.15, -0.1) is 0 Å². The molecule has 0 aromatic heterocycles. The van der Waals surface area contributed by atoms with Crippen molar-refractivity contribution >= 4 is 11.6 Å². The fourth-order valence-electron chi connectivity index (χ4n) is 3.04. The predicted octanol–water partition coefficient (Wildman–Crippen LogP) is 4.58. The molecule has 0 aliphatic heterocycles. The van der Waals surface area contributed by atoms with E-state index in [9.17, 15) is 0 Å². The average Bonchev–Trinajstić information content (AvgIpc) is 2.43. The number of rotatable bonds is 6. The normalized spacial score (nSPS) is 26.1. The Bertz CT molecular complexity index is 429. The summed E-state index contributed by atoms with van der Waals surface area (Å²) in [6, 6.07) is 9.08. The van der Waals surface area contributed by atoms with Crippen LogP contribution < -0.4 is 5.32 Å². The molecule has 3 unspecified atom stereocenters. The summed E-state index contributed by atoms with van der Waals surface area (Å²) in [5.41, 5.74) is 1.52. The topological polar surface area (TPSA) is 21.3 Å². The molecular formula is C17H26ClNO. The molecule has 1 saturated carbocycles. The summed E-state index contributed by atoms with van der Waals surface area (Å²) < 4.78 is 5.80. The summed E-state index contributed by atoms with van der Waals surface area (Å²) >= 11 is 5.97. The molecule has 1 aromatic carbocycles. The van der Waals surface area contributed by atoms with Crippen molar-refractivity contribution in [2.45, 2.75) is 58.7 Å². The fourth-order valence-corrected chi connectivity index (χ4v) is 3.17. The van der Waals surface area contributed by atoms with E-state index in [1.807, 2.05) is 12.1 Å². The molecule has 0 spiro atoms. The first-order valence-electron chi connectivity index (χ1n) is 7.62. The predicted molar refractivity (Wildman–Crippen MR) is 85.2 cm³/mol. The molecule has 1 N–H and O–H groups in total. The molecule has 112 valence electrons. The van der Waals surface area contributed by atoms with Gasteiger partial charge in [0.15, 0.2) is 0 Å². The van der Waals surface area contributed by atoms with Gasteiger partial charge in [-0.2, -0.15) is 0 Å². The van der Waals surface area contributed by atoms with E-state index in [1.54, 1.807) is 0 Å². The zero-order chi connectivity index (χ0) is 14.8. The van der Waals surface area contributed by atoms with Crippen molar-refractivity contribution < 1.29 is 4.74 Å². The monoisotopic (exact) mass is 295 g/mol. The minimum absolute atomic E-state index is 0.204. The maximum Gasteiger partial charge on any atom is 0.0655 e. The molecule has 0 heterocycles. The molecule has 0 amide bonds. The largest absolute Gasteiger partial charge is 0.378 e. The van der Waals surface area contributed by atoms with Crippen molar-refractivity contribution in [2.75, 3.05) is 6.61 Å². The number of halogens is 1. The highest BCUT2D eigenvalue weighted by molar-refractivity contribution is 6.30. The lowest BCUT2D eigenvalue weighted by atomic mass is 9.64. The third-order valence-corrected chi connectivity index (χ3v) is 4.88. The molecule has 3 heteroatoms. The van der Waals surface area contributed by atoms with Crippen molar-refractivity contribution in [1.29, 1.82) is 0 Å². The summed E-state index contributed by atoms with van der Waals surface area (Å²) in [4.78, 5) is 0. The van der Waals surface area contributed by atoms with Crippen molar-refractivity contribution in [3.8, 4) is 0 Å². The third-order valence-electron chi connectivity index (χ3n) is 4.63.